The van der Waals surface area contributed by atoms with Crippen LogP contribution in [0.4, 0.5) is 5.69 Å². The van der Waals surface area contributed by atoms with Crippen molar-refractivity contribution >= 4 is 11.7 Å². The molecule has 1 aromatic rings. The fourth-order valence-electron chi connectivity index (χ4n) is 1.21. The number of aliphatic carboxylic acids is 1. The van der Waals surface area contributed by atoms with Gasteiger partial charge >= 0.3 is 5.97 Å². The van der Waals surface area contributed by atoms with E-state index in [1.165, 1.54) is 18.2 Å². The highest BCUT2D eigenvalue weighted by molar-refractivity contribution is 5.76. The zero-order valence-electron chi connectivity index (χ0n) is 8.01. The van der Waals surface area contributed by atoms with Gasteiger partial charge in [-0.25, -0.2) is 0 Å². The minimum atomic E-state index is -1.23. The van der Waals surface area contributed by atoms with E-state index < -0.39 is 16.9 Å². The van der Waals surface area contributed by atoms with Gasteiger partial charge in [-0.3, -0.25) is 14.9 Å². The first-order chi connectivity index (χ1) is 6.93. The lowest BCUT2D eigenvalue weighted by atomic mass is 10.0. The summed E-state index contributed by atoms with van der Waals surface area (Å²) in [6, 6.07) is 2.75. The van der Waals surface area contributed by atoms with Crippen molar-refractivity contribution in [1.82, 2.24) is 0 Å². The molecule has 0 aliphatic heterocycles. The predicted molar refractivity (Wildman–Crippen MR) is 52.4 cm³/mol. The molecule has 6 heteroatoms. The SMILES string of the molecule is Cc1ccc([N+](=O)[O-])cc1C(N)C(=O)O. The summed E-state index contributed by atoms with van der Waals surface area (Å²) in [4.78, 5) is 20.5. The van der Waals surface area contributed by atoms with Crippen LogP contribution in [0.25, 0.3) is 0 Å². The van der Waals surface area contributed by atoms with Crippen LogP contribution >= 0.6 is 0 Å². The number of benzene rings is 1. The van der Waals surface area contributed by atoms with E-state index in [1.807, 2.05) is 0 Å². The van der Waals surface area contributed by atoms with Gasteiger partial charge in [-0.2, -0.15) is 0 Å². The zero-order valence-corrected chi connectivity index (χ0v) is 8.01. The Hall–Kier alpha value is -1.95. The molecule has 0 saturated carbocycles. The Morgan fingerprint density at radius 2 is 2.20 bits per heavy atom. The van der Waals surface area contributed by atoms with Gasteiger partial charge in [-0.1, -0.05) is 6.07 Å². The second-order valence-electron chi connectivity index (χ2n) is 3.11. The first-order valence-corrected chi connectivity index (χ1v) is 4.17. The number of nitro groups is 1. The van der Waals surface area contributed by atoms with Crippen LogP contribution in [0, 0.1) is 17.0 Å². The second kappa shape index (κ2) is 4.05. The van der Waals surface area contributed by atoms with E-state index in [0.717, 1.165) is 0 Å². The number of carboxylic acid groups (broad SMARTS) is 1. The van der Waals surface area contributed by atoms with E-state index in [-0.39, 0.29) is 11.3 Å². The third-order valence-corrected chi connectivity index (χ3v) is 2.07. The van der Waals surface area contributed by atoms with E-state index in [0.29, 0.717) is 5.56 Å². The van der Waals surface area contributed by atoms with E-state index in [9.17, 15) is 14.9 Å². The number of hydrogen-bond acceptors (Lipinski definition) is 4. The number of nitrogens with zero attached hydrogens (tertiary/aromatic N) is 1. The van der Waals surface area contributed by atoms with E-state index in [2.05, 4.69) is 0 Å². The number of carbonyl (C=O) groups is 1. The highest BCUT2D eigenvalue weighted by Gasteiger charge is 2.19. The average Bonchev–Trinajstić information content (AvgIpc) is 2.16. The lowest BCUT2D eigenvalue weighted by Gasteiger charge is -2.09. The van der Waals surface area contributed by atoms with Crippen molar-refractivity contribution in [3.05, 3.63) is 39.4 Å². The molecule has 0 amide bonds. The molecule has 0 fully saturated rings. The van der Waals surface area contributed by atoms with Crippen LogP contribution in [-0.4, -0.2) is 16.0 Å². The van der Waals surface area contributed by atoms with E-state index in [4.69, 9.17) is 10.8 Å². The van der Waals surface area contributed by atoms with Crippen molar-refractivity contribution in [3.63, 3.8) is 0 Å². The van der Waals surface area contributed by atoms with Crippen molar-refractivity contribution in [2.45, 2.75) is 13.0 Å². The minimum absolute atomic E-state index is 0.160. The van der Waals surface area contributed by atoms with Gasteiger partial charge in [-0.05, 0) is 18.1 Å². The Kier molecular flexibility index (Phi) is 3.01. The first-order valence-electron chi connectivity index (χ1n) is 4.17. The summed E-state index contributed by atoms with van der Waals surface area (Å²) in [5.41, 5.74) is 6.11. The molecular formula is C9H10N2O4. The molecule has 0 saturated heterocycles. The third-order valence-electron chi connectivity index (χ3n) is 2.07. The molecular weight excluding hydrogens is 200 g/mol. The molecule has 6 nitrogen and oxygen atoms in total. The smallest absolute Gasteiger partial charge is 0.325 e. The van der Waals surface area contributed by atoms with Crippen LogP contribution in [-0.2, 0) is 4.79 Å². The van der Waals surface area contributed by atoms with Crippen LogP contribution < -0.4 is 5.73 Å². The van der Waals surface area contributed by atoms with Crippen LogP contribution in [0.1, 0.15) is 17.2 Å². The number of nitro benzene ring substituents is 1. The van der Waals surface area contributed by atoms with Crippen molar-refractivity contribution in [3.8, 4) is 0 Å². The summed E-state index contributed by atoms with van der Waals surface area (Å²) in [6.07, 6.45) is 0. The number of carboxylic acids is 1. The zero-order chi connectivity index (χ0) is 11.6. The van der Waals surface area contributed by atoms with Gasteiger partial charge in [-0.15, -0.1) is 0 Å². The lowest BCUT2D eigenvalue weighted by Crippen LogP contribution is -2.21. The highest BCUT2D eigenvalue weighted by Crippen LogP contribution is 2.21. The maximum Gasteiger partial charge on any atom is 0.325 e. The van der Waals surface area contributed by atoms with Gasteiger partial charge in [0.2, 0.25) is 0 Å². The summed E-state index contributed by atoms with van der Waals surface area (Å²) in [7, 11) is 0. The molecule has 0 aliphatic carbocycles. The number of aryl methyl sites for hydroxylation is 1. The molecule has 15 heavy (non-hydrogen) atoms. The first kappa shape index (κ1) is 11.1. The molecule has 80 valence electrons. The van der Waals surface area contributed by atoms with Crippen molar-refractivity contribution in [1.29, 1.82) is 0 Å². The maximum atomic E-state index is 10.6. The quantitative estimate of drug-likeness (QED) is 0.571. The molecule has 0 aliphatic rings. The monoisotopic (exact) mass is 210 g/mol. The lowest BCUT2D eigenvalue weighted by molar-refractivity contribution is -0.384. The summed E-state index contributed by atoms with van der Waals surface area (Å²) >= 11 is 0. The molecule has 0 heterocycles. The molecule has 3 N–H and O–H groups in total. The van der Waals surface area contributed by atoms with Crippen molar-refractivity contribution in [2.75, 3.05) is 0 Å². The Bertz CT molecular complexity index is 417. The van der Waals surface area contributed by atoms with Crippen LogP contribution in [0.3, 0.4) is 0 Å². The molecule has 1 unspecified atom stereocenters. The summed E-state index contributed by atoms with van der Waals surface area (Å²) in [5.74, 6) is -1.21. The standard InChI is InChI=1S/C9H10N2O4/c1-5-2-3-6(11(14)15)4-7(5)8(10)9(12)13/h2-4,8H,10H2,1H3,(H,12,13). The number of hydrogen-bond donors (Lipinski definition) is 2. The molecule has 1 atom stereocenters. The van der Waals surface area contributed by atoms with Crippen molar-refractivity contribution < 1.29 is 14.8 Å². The van der Waals surface area contributed by atoms with Crippen LogP contribution in [0.15, 0.2) is 18.2 Å². The van der Waals surface area contributed by atoms with Gasteiger partial charge in [0.15, 0.2) is 0 Å². The molecule has 0 radical (unpaired) electrons. The minimum Gasteiger partial charge on any atom is -0.480 e. The molecule has 0 spiro atoms. The largest absolute Gasteiger partial charge is 0.480 e. The molecule has 0 bridgehead atoms. The third kappa shape index (κ3) is 2.29. The number of nitrogens with two attached hydrogens (primary N) is 1. The fourth-order valence-corrected chi connectivity index (χ4v) is 1.21. The average molecular weight is 210 g/mol. The highest BCUT2D eigenvalue weighted by atomic mass is 16.6. The topological polar surface area (TPSA) is 106 Å². The molecule has 0 aromatic heterocycles. The Morgan fingerprint density at radius 1 is 1.60 bits per heavy atom. The normalized spacial score (nSPS) is 12.1. The molecule has 1 aromatic carbocycles. The summed E-state index contributed by atoms with van der Waals surface area (Å²) in [6.45, 7) is 1.65. The van der Waals surface area contributed by atoms with Gasteiger partial charge in [0.25, 0.3) is 5.69 Å². The Balaban J connectivity index is 3.22. The van der Waals surface area contributed by atoms with Crippen LogP contribution in [0.5, 0.6) is 0 Å². The summed E-state index contributed by atoms with van der Waals surface area (Å²) in [5, 5.41) is 19.2. The van der Waals surface area contributed by atoms with Gasteiger partial charge in [0.05, 0.1) is 4.92 Å². The Labute approximate surface area is 85.5 Å². The number of rotatable bonds is 3. The van der Waals surface area contributed by atoms with E-state index in [1.54, 1.807) is 6.92 Å². The predicted octanol–water partition coefficient (Wildman–Crippen LogP) is 0.988. The maximum absolute atomic E-state index is 10.6. The summed E-state index contributed by atoms with van der Waals surface area (Å²) < 4.78 is 0. The van der Waals surface area contributed by atoms with Gasteiger partial charge in [0.1, 0.15) is 6.04 Å². The van der Waals surface area contributed by atoms with Crippen LogP contribution in [0.2, 0.25) is 0 Å². The fraction of sp³-hybridized carbons (Fsp3) is 0.222. The second-order valence-corrected chi connectivity index (χ2v) is 3.11. The van der Waals surface area contributed by atoms with Crippen molar-refractivity contribution in [2.24, 2.45) is 5.73 Å². The van der Waals surface area contributed by atoms with Gasteiger partial charge < -0.3 is 10.8 Å². The van der Waals surface area contributed by atoms with Gasteiger partial charge in [0, 0.05) is 12.1 Å². The Morgan fingerprint density at radius 3 is 2.67 bits per heavy atom. The number of non-ortho nitro benzene ring substituents is 1. The van der Waals surface area contributed by atoms with E-state index >= 15 is 0 Å². The molecule has 1 rings (SSSR count).